The molecule has 8 heteroatoms. The highest BCUT2D eigenvalue weighted by Crippen LogP contribution is 2.39. The average Bonchev–Trinajstić information content (AvgIpc) is 3.50. The van der Waals surface area contributed by atoms with Crippen LogP contribution in [0.4, 0.5) is 5.69 Å². The van der Waals surface area contributed by atoms with Crippen molar-refractivity contribution in [3.05, 3.63) is 95.3 Å². The van der Waals surface area contributed by atoms with Gasteiger partial charge in [-0.1, -0.05) is 47.7 Å². The lowest BCUT2D eigenvalue weighted by atomic mass is 10.0. The van der Waals surface area contributed by atoms with Gasteiger partial charge in [0.05, 0.1) is 18.1 Å². The maximum Gasteiger partial charge on any atom is 0.193 e. The highest BCUT2D eigenvalue weighted by molar-refractivity contribution is 7.99. The normalized spacial score (nSPS) is 12.6. The number of H-pyrrole nitrogens is 1. The van der Waals surface area contributed by atoms with Gasteiger partial charge >= 0.3 is 0 Å². The Hall–Kier alpha value is -3.65. The van der Waals surface area contributed by atoms with E-state index in [0.29, 0.717) is 24.4 Å². The molecular formula is C24H21N5O2S. The Morgan fingerprint density at radius 2 is 1.88 bits per heavy atom. The van der Waals surface area contributed by atoms with Crippen LogP contribution in [0.2, 0.25) is 0 Å². The zero-order valence-corrected chi connectivity index (χ0v) is 18.1. The van der Waals surface area contributed by atoms with Gasteiger partial charge < -0.3 is 9.64 Å². The predicted octanol–water partition coefficient (Wildman–Crippen LogP) is 3.97. The van der Waals surface area contributed by atoms with Gasteiger partial charge in [-0.05, 0) is 35.9 Å². The number of carbonyl (C=O) groups excluding carboxylic acids is 1. The molecule has 0 saturated carbocycles. The van der Waals surface area contributed by atoms with Crippen molar-refractivity contribution in [1.29, 1.82) is 0 Å². The molecule has 4 aromatic rings. The van der Waals surface area contributed by atoms with Crippen LogP contribution in [-0.4, -0.2) is 45.4 Å². The van der Waals surface area contributed by atoms with Crippen molar-refractivity contribution >= 4 is 23.2 Å². The number of aromatic nitrogens is 4. The Kier molecular flexibility index (Phi) is 5.85. The van der Waals surface area contributed by atoms with E-state index in [2.05, 4.69) is 25.5 Å². The maximum atomic E-state index is 12.7. The van der Waals surface area contributed by atoms with Gasteiger partial charge in [-0.15, -0.1) is 22.0 Å². The summed E-state index contributed by atoms with van der Waals surface area (Å²) in [5.41, 5.74) is 3.69. The van der Waals surface area contributed by atoms with Crippen LogP contribution < -0.4 is 9.64 Å². The smallest absolute Gasteiger partial charge is 0.193 e. The molecule has 3 aromatic carbocycles. The lowest BCUT2D eigenvalue weighted by molar-refractivity contribution is 0.103. The molecular weight excluding hydrogens is 422 g/mol. The molecule has 0 radical (unpaired) electrons. The summed E-state index contributed by atoms with van der Waals surface area (Å²) in [5.74, 6) is 2.40. The van der Waals surface area contributed by atoms with Gasteiger partial charge in [0.2, 0.25) is 0 Å². The molecule has 5 rings (SSSR count). The third-order valence-electron chi connectivity index (χ3n) is 5.28. The second kappa shape index (κ2) is 9.23. The summed E-state index contributed by atoms with van der Waals surface area (Å²) in [7, 11) is 0. The second-order valence-corrected chi connectivity index (χ2v) is 8.40. The minimum absolute atomic E-state index is 0.0542. The summed E-state index contributed by atoms with van der Waals surface area (Å²) in [6.07, 6.45) is 0.632. The predicted molar refractivity (Wildman–Crippen MR) is 123 cm³/mol. The number of anilines is 1. The zero-order valence-electron chi connectivity index (χ0n) is 17.3. The van der Waals surface area contributed by atoms with E-state index in [4.69, 9.17) is 4.74 Å². The number of nitrogens with one attached hydrogen (secondary N) is 1. The van der Waals surface area contributed by atoms with Crippen LogP contribution in [0.15, 0.2) is 77.7 Å². The van der Waals surface area contributed by atoms with Crippen LogP contribution in [0.1, 0.15) is 27.3 Å². The number of rotatable bonds is 8. The first-order valence-electron chi connectivity index (χ1n) is 10.3. The van der Waals surface area contributed by atoms with E-state index < -0.39 is 0 Å². The van der Waals surface area contributed by atoms with Crippen LogP contribution in [0.25, 0.3) is 0 Å². The van der Waals surface area contributed by atoms with Gasteiger partial charge in [0, 0.05) is 22.4 Å². The molecule has 0 aliphatic carbocycles. The third kappa shape index (κ3) is 4.50. The van der Waals surface area contributed by atoms with E-state index in [-0.39, 0.29) is 5.78 Å². The van der Waals surface area contributed by atoms with Gasteiger partial charge in [0.1, 0.15) is 12.4 Å². The van der Waals surface area contributed by atoms with Crippen LogP contribution in [0, 0.1) is 0 Å². The number of benzene rings is 3. The fourth-order valence-electron chi connectivity index (χ4n) is 3.61. The van der Waals surface area contributed by atoms with Crippen molar-refractivity contribution in [3.63, 3.8) is 0 Å². The number of ether oxygens (including phenoxy) is 1. The van der Waals surface area contributed by atoms with E-state index in [1.807, 2.05) is 72.8 Å². The van der Waals surface area contributed by atoms with Gasteiger partial charge in [0.15, 0.2) is 11.6 Å². The summed E-state index contributed by atoms with van der Waals surface area (Å²) >= 11 is 1.75. The molecule has 0 amide bonds. The summed E-state index contributed by atoms with van der Waals surface area (Å²) < 4.78 is 5.94. The molecule has 0 spiro atoms. The van der Waals surface area contributed by atoms with Crippen LogP contribution in [0.3, 0.4) is 0 Å². The van der Waals surface area contributed by atoms with Crippen molar-refractivity contribution in [2.75, 3.05) is 23.9 Å². The molecule has 2 heterocycles. The first kappa shape index (κ1) is 20.3. The van der Waals surface area contributed by atoms with Gasteiger partial charge in [-0.3, -0.25) is 4.79 Å². The lowest BCUT2D eigenvalue weighted by Crippen LogP contribution is -2.25. The van der Waals surface area contributed by atoms with Crippen molar-refractivity contribution in [1.82, 2.24) is 20.6 Å². The number of ketones is 1. The molecule has 1 aliphatic rings. The zero-order chi connectivity index (χ0) is 21.8. The summed E-state index contributed by atoms with van der Waals surface area (Å²) in [6, 6.07) is 23.3. The molecule has 1 N–H and O–H groups in total. The molecule has 0 unspecified atom stereocenters. The first-order chi connectivity index (χ1) is 15.8. The minimum Gasteiger partial charge on any atom is -0.492 e. The molecule has 1 aliphatic heterocycles. The number of thioether (sulfide) groups is 1. The Morgan fingerprint density at radius 3 is 2.66 bits per heavy atom. The highest BCUT2D eigenvalue weighted by atomic mass is 32.2. The number of hydrogen-bond donors (Lipinski definition) is 1. The first-order valence-corrected chi connectivity index (χ1v) is 11.3. The molecule has 0 atom stereocenters. The number of nitrogens with zero attached hydrogens (tertiary/aromatic N) is 4. The molecule has 0 saturated heterocycles. The molecule has 32 heavy (non-hydrogen) atoms. The topological polar surface area (TPSA) is 84.0 Å². The second-order valence-electron chi connectivity index (χ2n) is 7.41. The van der Waals surface area contributed by atoms with E-state index in [9.17, 15) is 4.79 Å². The monoisotopic (exact) mass is 443 g/mol. The van der Waals surface area contributed by atoms with Crippen LogP contribution >= 0.6 is 11.8 Å². The lowest BCUT2D eigenvalue weighted by Gasteiger charge is -2.19. The summed E-state index contributed by atoms with van der Waals surface area (Å²) in [5, 5.41) is 14.0. The van der Waals surface area contributed by atoms with Crippen LogP contribution in [-0.2, 0) is 6.42 Å². The third-order valence-corrected chi connectivity index (χ3v) is 6.36. The fraction of sp³-hybridized carbons (Fsp3) is 0.167. The Labute approximate surface area is 189 Å². The summed E-state index contributed by atoms with van der Waals surface area (Å²) in [4.78, 5) is 16.1. The van der Waals surface area contributed by atoms with E-state index in [1.165, 1.54) is 0 Å². The number of hydrogen-bond acceptors (Lipinski definition) is 7. The van der Waals surface area contributed by atoms with Gasteiger partial charge in [-0.2, -0.15) is 5.21 Å². The summed E-state index contributed by atoms with van der Waals surface area (Å²) in [6.45, 7) is 1.35. The highest BCUT2D eigenvalue weighted by Gasteiger charge is 2.21. The van der Waals surface area contributed by atoms with Gasteiger partial charge in [-0.25, -0.2) is 0 Å². The Morgan fingerprint density at radius 1 is 1.03 bits per heavy atom. The van der Waals surface area contributed by atoms with Crippen molar-refractivity contribution in [3.8, 4) is 5.75 Å². The Bertz CT molecular complexity index is 1200. The average molecular weight is 444 g/mol. The van der Waals surface area contributed by atoms with Crippen LogP contribution in [0.5, 0.6) is 5.75 Å². The van der Waals surface area contributed by atoms with Crippen molar-refractivity contribution < 1.29 is 9.53 Å². The number of fused-ring (bicyclic) bond motifs is 1. The number of carbonyl (C=O) groups is 1. The maximum absolute atomic E-state index is 12.7. The number of tetrazole rings is 1. The SMILES string of the molecule is O=C(c1ccccc1)c1ccc2c(c1)SCN2CCOc1ccc(Cc2nn[nH]n2)cc1. The molecule has 160 valence electrons. The van der Waals surface area contributed by atoms with Gasteiger partial charge in [0.25, 0.3) is 0 Å². The van der Waals surface area contributed by atoms with E-state index in [1.54, 1.807) is 11.8 Å². The van der Waals surface area contributed by atoms with Crippen molar-refractivity contribution in [2.24, 2.45) is 0 Å². The Balaban J connectivity index is 1.16. The molecule has 7 nitrogen and oxygen atoms in total. The standard InChI is InChI=1S/C24H21N5O2S/c30-24(18-4-2-1-3-5-18)19-8-11-21-22(15-19)32-16-29(21)12-13-31-20-9-6-17(7-10-20)14-23-25-27-28-26-23/h1-11,15H,12-14,16H2,(H,25,26,27,28). The van der Waals surface area contributed by atoms with Crippen molar-refractivity contribution in [2.45, 2.75) is 11.3 Å². The number of aromatic amines is 1. The fourth-order valence-corrected chi connectivity index (χ4v) is 4.73. The quantitative estimate of drug-likeness (QED) is 0.413. The molecule has 0 bridgehead atoms. The largest absolute Gasteiger partial charge is 0.492 e. The minimum atomic E-state index is 0.0542. The van der Waals surface area contributed by atoms with E-state index >= 15 is 0 Å². The van der Waals surface area contributed by atoms with E-state index in [0.717, 1.165) is 39.9 Å². The molecule has 1 aromatic heterocycles. The molecule has 0 fully saturated rings.